The van der Waals surface area contributed by atoms with Gasteiger partial charge >= 0.3 is 12.1 Å². The molecular weight excluding hydrogens is 403 g/mol. The second-order valence-corrected chi connectivity index (χ2v) is 7.84. The molecule has 1 atom stereocenters. The van der Waals surface area contributed by atoms with Crippen molar-refractivity contribution < 1.29 is 27.8 Å². The van der Waals surface area contributed by atoms with Gasteiger partial charge < -0.3 is 9.84 Å². The Hall–Kier alpha value is -2.40. The summed E-state index contributed by atoms with van der Waals surface area (Å²) in [5, 5.41) is 16.3. The Morgan fingerprint density at radius 2 is 2.03 bits per heavy atom. The highest BCUT2D eigenvalue weighted by molar-refractivity contribution is 5.73. The number of carbonyl (C=O) groups is 1. The number of hydrogen-bond acceptors (Lipinski definition) is 5. The maximum atomic E-state index is 10.6. The van der Waals surface area contributed by atoms with Crippen LogP contribution >= 0.6 is 0 Å². The van der Waals surface area contributed by atoms with Crippen LogP contribution in [0.15, 0.2) is 18.6 Å². The molecule has 2 aromatic heterocycles. The van der Waals surface area contributed by atoms with Crippen LogP contribution < -0.4 is 0 Å². The lowest BCUT2D eigenvalue weighted by Gasteiger charge is -2.31. The van der Waals surface area contributed by atoms with Gasteiger partial charge in [0, 0.05) is 69.8 Å². The van der Waals surface area contributed by atoms with Gasteiger partial charge in [-0.1, -0.05) is 0 Å². The number of alkyl halides is 3. The Morgan fingerprint density at radius 1 is 1.33 bits per heavy atom. The average molecular weight is 429 g/mol. The summed E-state index contributed by atoms with van der Waals surface area (Å²) >= 11 is 0. The lowest BCUT2D eigenvalue weighted by Crippen LogP contribution is -2.34. The van der Waals surface area contributed by atoms with Gasteiger partial charge in [0.25, 0.3) is 0 Å². The zero-order valence-corrected chi connectivity index (χ0v) is 17.0. The Kier molecular flexibility index (Phi) is 6.81. The smallest absolute Gasteiger partial charge is 0.475 e. The molecule has 0 bridgehead atoms. The van der Waals surface area contributed by atoms with Gasteiger partial charge in [0.15, 0.2) is 0 Å². The molecule has 0 aromatic carbocycles. The van der Waals surface area contributed by atoms with Crippen LogP contribution in [0.3, 0.4) is 0 Å². The number of halogens is 3. The first kappa shape index (κ1) is 22.3. The predicted molar refractivity (Wildman–Crippen MR) is 101 cm³/mol. The van der Waals surface area contributed by atoms with Crippen molar-refractivity contribution >= 4 is 5.97 Å². The highest BCUT2D eigenvalue weighted by Crippen LogP contribution is 2.33. The lowest BCUT2D eigenvalue weighted by molar-refractivity contribution is -0.192. The van der Waals surface area contributed by atoms with E-state index in [-0.39, 0.29) is 0 Å². The third-order valence-electron chi connectivity index (χ3n) is 5.08. The predicted octanol–water partition coefficient (Wildman–Crippen LogP) is 2.41. The largest absolute Gasteiger partial charge is 0.490 e. The standard InChI is InChI=1S/C17H25N5O.C2HF3O2/c1-20-6-14(5-18-20)7-21-9-15(12-23-2)16-10-22(8-13-3-4-13)19-17(16)11-21;3-2(4,5)1(6)7/h5-6,10,13,15H,3-4,7-9,11-12H2,1-2H3;(H,6,7). The molecule has 1 unspecified atom stereocenters. The van der Waals surface area contributed by atoms with Crippen LogP contribution in [0.2, 0.25) is 0 Å². The van der Waals surface area contributed by atoms with Crippen LogP contribution in [-0.4, -0.2) is 62.0 Å². The number of hydrogen-bond donors (Lipinski definition) is 1. The first-order chi connectivity index (χ1) is 14.2. The van der Waals surface area contributed by atoms with E-state index in [1.165, 1.54) is 29.7 Å². The molecule has 1 fully saturated rings. The summed E-state index contributed by atoms with van der Waals surface area (Å²) in [6, 6.07) is 0. The minimum Gasteiger partial charge on any atom is -0.475 e. The van der Waals surface area contributed by atoms with Crippen LogP contribution in [0.5, 0.6) is 0 Å². The van der Waals surface area contributed by atoms with E-state index in [4.69, 9.17) is 19.7 Å². The maximum absolute atomic E-state index is 10.6. The minimum absolute atomic E-state index is 0.411. The molecule has 1 saturated carbocycles. The molecule has 2 aliphatic rings. The number of carboxylic acids is 1. The van der Waals surface area contributed by atoms with Crippen molar-refractivity contribution in [3.63, 3.8) is 0 Å². The number of ether oxygens (including phenoxy) is 1. The Balaban J connectivity index is 0.000000318. The first-order valence-electron chi connectivity index (χ1n) is 9.70. The van der Waals surface area contributed by atoms with E-state index in [2.05, 4.69) is 27.1 Å². The molecule has 166 valence electrons. The van der Waals surface area contributed by atoms with Gasteiger partial charge in [-0.15, -0.1) is 0 Å². The third-order valence-corrected chi connectivity index (χ3v) is 5.08. The fraction of sp³-hybridized carbons (Fsp3) is 0.632. The van der Waals surface area contributed by atoms with Gasteiger partial charge in [0.2, 0.25) is 0 Å². The number of rotatable bonds is 6. The van der Waals surface area contributed by atoms with Crippen molar-refractivity contribution in [3.8, 4) is 0 Å². The summed E-state index contributed by atoms with van der Waals surface area (Å²) in [7, 11) is 3.75. The number of aliphatic carboxylic acids is 1. The van der Waals surface area contributed by atoms with E-state index in [1.54, 1.807) is 7.11 Å². The highest BCUT2D eigenvalue weighted by Gasteiger charge is 2.38. The molecule has 11 heteroatoms. The Bertz CT molecular complexity index is 860. The Labute approximate surface area is 172 Å². The van der Waals surface area contributed by atoms with Crippen molar-refractivity contribution in [1.82, 2.24) is 24.5 Å². The number of methoxy groups -OCH3 is 1. The van der Waals surface area contributed by atoms with Gasteiger partial charge in [0.05, 0.1) is 18.5 Å². The van der Waals surface area contributed by atoms with Crippen molar-refractivity contribution in [1.29, 1.82) is 0 Å². The molecule has 30 heavy (non-hydrogen) atoms. The van der Waals surface area contributed by atoms with E-state index < -0.39 is 12.1 Å². The fourth-order valence-corrected chi connectivity index (χ4v) is 3.56. The summed E-state index contributed by atoms with van der Waals surface area (Å²) in [6.45, 7) is 4.69. The van der Waals surface area contributed by atoms with Gasteiger partial charge in [-0.05, 0) is 18.8 Å². The SMILES string of the molecule is COCC1CN(Cc2cnn(C)c2)Cc2nn(CC3CC3)cc21.O=C(O)C(F)(F)F. The Morgan fingerprint density at radius 3 is 2.57 bits per heavy atom. The van der Waals surface area contributed by atoms with Gasteiger partial charge in [0.1, 0.15) is 0 Å². The molecule has 0 radical (unpaired) electrons. The monoisotopic (exact) mass is 429 g/mol. The molecule has 4 rings (SSSR count). The van der Waals surface area contributed by atoms with E-state index in [9.17, 15) is 13.2 Å². The lowest BCUT2D eigenvalue weighted by atomic mass is 9.95. The molecular formula is C19H26F3N5O3. The summed E-state index contributed by atoms with van der Waals surface area (Å²) in [4.78, 5) is 11.4. The molecule has 0 saturated heterocycles. The molecule has 1 N–H and O–H groups in total. The molecule has 0 amide bonds. The van der Waals surface area contributed by atoms with Gasteiger partial charge in [-0.25, -0.2) is 4.79 Å². The van der Waals surface area contributed by atoms with Crippen LogP contribution in [-0.2, 0) is 36.2 Å². The molecule has 3 heterocycles. The van der Waals surface area contributed by atoms with Gasteiger partial charge in [-0.3, -0.25) is 14.3 Å². The second-order valence-electron chi connectivity index (χ2n) is 7.84. The highest BCUT2D eigenvalue weighted by atomic mass is 19.4. The molecule has 0 spiro atoms. The number of carboxylic acid groups (broad SMARTS) is 1. The summed E-state index contributed by atoms with van der Waals surface area (Å²) in [6.07, 6.45) is 3.94. The van der Waals surface area contributed by atoms with Crippen molar-refractivity contribution in [2.75, 3.05) is 20.3 Å². The maximum Gasteiger partial charge on any atom is 0.490 e. The van der Waals surface area contributed by atoms with Crippen molar-refractivity contribution in [2.24, 2.45) is 13.0 Å². The second kappa shape index (κ2) is 9.17. The van der Waals surface area contributed by atoms with Crippen LogP contribution in [0.1, 0.15) is 35.6 Å². The van der Waals surface area contributed by atoms with Gasteiger partial charge in [-0.2, -0.15) is 23.4 Å². The zero-order valence-electron chi connectivity index (χ0n) is 17.0. The summed E-state index contributed by atoms with van der Waals surface area (Å²) in [5.74, 6) is -1.50. The van der Waals surface area contributed by atoms with E-state index in [1.807, 2.05) is 17.9 Å². The minimum atomic E-state index is -5.08. The summed E-state index contributed by atoms with van der Waals surface area (Å²) < 4.78 is 41.2. The number of aryl methyl sites for hydroxylation is 1. The number of fused-ring (bicyclic) bond motifs is 1. The molecule has 2 aromatic rings. The molecule has 8 nitrogen and oxygen atoms in total. The third kappa shape index (κ3) is 6.05. The van der Waals surface area contributed by atoms with Crippen LogP contribution in [0, 0.1) is 5.92 Å². The van der Waals surface area contributed by atoms with E-state index >= 15 is 0 Å². The average Bonchev–Trinajstić information content (AvgIpc) is 3.22. The van der Waals surface area contributed by atoms with Crippen LogP contribution in [0.4, 0.5) is 13.2 Å². The molecule has 1 aliphatic heterocycles. The first-order valence-corrected chi connectivity index (χ1v) is 9.70. The topological polar surface area (TPSA) is 85.4 Å². The fourth-order valence-electron chi connectivity index (χ4n) is 3.56. The van der Waals surface area contributed by atoms with E-state index in [0.29, 0.717) is 5.92 Å². The number of nitrogens with zero attached hydrogens (tertiary/aromatic N) is 5. The quantitative estimate of drug-likeness (QED) is 0.759. The van der Waals surface area contributed by atoms with Crippen LogP contribution in [0.25, 0.3) is 0 Å². The van der Waals surface area contributed by atoms with Crippen molar-refractivity contribution in [2.45, 2.75) is 44.6 Å². The van der Waals surface area contributed by atoms with E-state index in [0.717, 1.165) is 38.7 Å². The normalized spacial score (nSPS) is 19.2. The zero-order chi connectivity index (χ0) is 21.9. The van der Waals surface area contributed by atoms with Crippen molar-refractivity contribution in [3.05, 3.63) is 35.4 Å². The summed E-state index contributed by atoms with van der Waals surface area (Å²) in [5.41, 5.74) is 3.86. The molecule has 1 aliphatic carbocycles. The number of aromatic nitrogens is 4.